The van der Waals surface area contributed by atoms with Crippen molar-refractivity contribution in [2.24, 2.45) is 0 Å². The van der Waals surface area contributed by atoms with Crippen molar-refractivity contribution >= 4 is 23.7 Å². The number of carbonyl (C=O) groups is 1. The van der Waals surface area contributed by atoms with Gasteiger partial charge in [0.1, 0.15) is 5.82 Å². The van der Waals surface area contributed by atoms with Gasteiger partial charge in [-0.2, -0.15) is 15.1 Å². The van der Waals surface area contributed by atoms with Gasteiger partial charge in [-0.3, -0.25) is 5.10 Å². The molecule has 0 saturated carbocycles. The van der Waals surface area contributed by atoms with Gasteiger partial charge in [-0.05, 0) is 32.1 Å². The van der Waals surface area contributed by atoms with Crippen LogP contribution >= 0.6 is 0 Å². The number of hydrogen-bond donors (Lipinski definition) is 3. The molecule has 0 unspecified atom stereocenters. The summed E-state index contributed by atoms with van der Waals surface area (Å²) in [6.45, 7) is -0.123. The van der Waals surface area contributed by atoms with Crippen LogP contribution in [0.3, 0.4) is 0 Å². The van der Waals surface area contributed by atoms with Gasteiger partial charge in [-0.25, -0.2) is 4.79 Å². The number of ether oxygens (including phenoxy) is 2. The number of aliphatic hydroxyl groups is 1. The molecule has 3 N–H and O–H groups in total. The number of anilines is 3. The first-order chi connectivity index (χ1) is 15.0. The number of aliphatic hydroxyl groups excluding tert-OH is 1. The number of hydrogen-bond acceptors (Lipinski definition) is 9. The molecule has 2 aliphatic heterocycles. The van der Waals surface area contributed by atoms with Crippen molar-refractivity contribution in [1.82, 2.24) is 25.1 Å². The number of amides is 1. The van der Waals surface area contributed by atoms with Gasteiger partial charge in [0.15, 0.2) is 5.82 Å². The highest BCUT2D eigenvalue weighted by molar-refractivity contribution is 5.68. The van der Waals surface area contributed by atoms with Crippen LogP contribution < -0.4 is 15.0 Å². The number of methoxy groups -OCH3 is 2. The van der Waals surface area contributed by atoms with Crippen molar-refractivity contribution in [3.63, 3.8) is 0 Å². The quantitative estimate of drug-likeness (QED) is 0.629. The Bertz CT molecular complexity index is 907. The fourth-order valence-electron chi connectivity index (χ4n) is 4.61. The third kappa shape index (κ3) is 4.36. The highest BCUT2D eigenvalue weighted by atomic mass is 16.5. The van der Waals surface area contributed by atoms with Gasteiger partial charge in [-0.1, -0.05) is 0 Å². The van der Waals surface area contributed by atoms with E-state index in [0.717, 1.165) is 32.1 Å². The van der Waals surface area contributed by atoms with Crippen LogP contribution in [-0.2, 0) is 11.3 Å². The van der Waals surface area contributed by atoms with Gasteiger partial charge in [0.05, 0.1) is 26.5 Å². The van der Waals surface area contributed by atoms with E-state index in [-0.39, 0.29) is 30.8 Å². The zero-order valence-corrected chi connectivity index (χ0v) is 18.0. The van der Waals surface area contributed by atoms with Crippen LogP contribution in [0.1, 0.15) is 37.8 Å². The SMILES string of the molecule is COC(=O)N1[C@@H]2CCC[C@H]1C[C@H](N(C)c1nc(Nc3cc(CO)[nH]n3)cc(OC)n1)C2. The first kappa shape index (κ1) is 21.2. The van der Waals surface area contributed by atoms with Gasteiger partial charge >= 0.3 is 6.09 Å². The molecule has 0 spiro atoms. The first-order valence-electron chi connectivity index (χ1n) is 10.5. The van der Waals surface area contributed by atoms with Crippen LogP contribution in [0.5, 0.6) is 5.88 Å². The topological polar surface area (TPSA) is 129 Å². The molecule has 2 saturated heterocycles. The van der Waals surface area contributed by atoms with E-state index in [1.54, 1.807) is 19.2 Å². The lowest BCUT2D eigenvalue weighted by atomic mass is 9.81. The highest BCUT2D eigenvalue weighted by Crippen LogP contribution is 2.37. The minimum atomic E-state index is -0.235. The largest absolute Gasteiger partial charge is 0.481 e. The maximum Gasteiger partial charge on any atom is 0.409 e. The van der Waals surface area contributed by atoms with Gasteiger partial charge in [0, 0.05) is 37.3 Å². The van der Waals surface area contributed by atoms with E-state index in [9.17, 15) is 9.90 Å². The standard InChI is InChI=1S/C20H29N7O4/c1-26(15-8-13-5-4-6-14(9-15)27(13)20(29)31-3)19-22-16(10-18(23-19)30-2)21-17-7-12(11-28)24-25-17/h7,10,13-15,28H,4-6,8-9,11H2,1-3H3,(H2,21,22,23,24,25)/t13-,14+,15-. The maximum atomic E-state index is 12.3. The molecule has 2 bridgehead atoms. The smallest absolute Gasteiger partial charge is 0.409 e. The molecular weight excluding hydrogens is 402 g/mol. The second-order valence-electron chi connectivity index (χ2n) is 8.01. The lowest BCUT2D eigenvalue weighted by molar-refractivity contribution is 0.0260. The Morgan fingerprint density at radius 1 is 1.26 bits per heavy atom. The minimum absolute atomic E-state index is 0.123. The monoisotopic (exact) mass is 431 g/mol. The molecule has 168 valence electrons. The number of nitrogens with one attached hydrogen (secondary N) is 2. The molecule has 2 aromatic heterocycles. The van der Waals surface area contributed by atoms with Crippen molar-refractivity contribution in [2.75, 3.05) is 31.5 Å². The molecule has 3 atom stereocenters. The summed E-state index contributed by atoms with van der Waals surface area (Å²) in [6, 6.07) is 3.93. The van der Waals surface area contributed by atoms with Crippen molar-refractivity contribution in [3.05, 3.63) is 17.8 Å². The molecule has 2 fully saturated rings. The summed E-state index contributed by atoms with van der Waals surface area (Å²) in [5.74, 6) is 2.05. The number of aromatic nitrogens is 4. The molecule has 2 aromatic rings. The highest BCUT2D eigenvalue weighted by Gasteiger charge is 2.43. The van der Waals surface area contributed by atoms with E-state index in [1.807, 2.05) is 11.9 Å². The maximum absolute atomic E-state index is 12.3. The van der Waals surface area contributed by atoms with Gasteiger partial charge in [0.2, 0.25) is 11.8 Å². The molecule has 2 aliphatic rings. The van der Waals surface area contributed by atoms with Crippen LogP contribution in [0.2, 0.25) is 0 Å². The predicted molar refractivity (Wildman–Crippen MR) is 113 cm³/mol. The normalized spacial score (nSPS) is 22.7. The van der Waals surface area contributed by atoms with Crippen LogP contribution in [0.25, 0.3) is 0 Å². The summed E-state index contributed by atoms with van der Waals surface area (Å²) in [4.78, 5) is 25.4. The zero-order chi connectivity index (χ0) is 22.0. The molecule has 1 amide bonds. The average Bonchev–Trinajstić information content (AvgIpc) is 3.24. The van der Waals surface area contributed by atoms with E-state index in [4.69, 9.17) is 9.47 Å². The average molecular weight is 431 g/mol. The number of aromatic amines is 1. The van der Waals surface area contributed by atoms with E-state index in [1.165, 1.54) is 7.11 Å². The van der Waals surface area contributed by atoms with Crippen LogP contribution in [-0.4, -0.2) is 75.7 Å². The lowest BCUT2D eigenvalue weighted by Gasteiger charge is -2.49. The number of piperidine rings is 2. The zero-order valence-electron chi connectivity index (χ0n) is 18.0. The Morgan fingerprint density at radius 3 is 2.61 bits per heavy atom. The fourth-order valence-corrected chi connectivity index (χ4v) is 4.61. The van der Waals surface area contributed by atoms with Crippen molar-refractivity contribution in [3.8, 4) is 5.88 Å². The molecule has 11 heteroatoms. The number of H-pyrrole nitrogens is 1. The second kappa shape index (κ2) is 8.96. The van der Waals surface area contributed by atoms with E-state index in [2.05, 4.69) is 30.4 Å². The number of carbonyl (C=O) groups excluding carboxylic acids is 1. The number of nitrogens with zero attached hydrogens (tertiary/aromatic N) is 5. The summed E-state index contributed by atoms with van der Waals surface area (Å²) >= 11 is 0. The molecule has 11 nitrogen and oxygen atoms in total. The van der Waals surface area contributed by atoms with Crippen molar-refractivity contribution in [1.29, 1.82) is 0 Å². The van der Waals surface area contributed by atoms with Gasteiger partial charge in [-0.15, -0.1) is 0 Å². The van der Waals surface area contributed by atoms with Crippen LogP contribution in [0, 0.1) is 0 Å². The molecule has 0 aromatic carbocycles. The summed E-state index contributed by atoms with van der Waals surface area (Å²) < 4.78 is 10.4. The Hall–Kier alpha value is -3.08. The Kier molecular flexibility index (Phi) is 6.12. The first-order valence-corrected chi connectivity index (χ1v) is 10.5. The van der Waals surface area contributed by atoms with E-state index in [0.29, 0.717) is 29.2 Å². The second-order valence-corrected chi connectivity index (χ2v) is 8.01. The van der Waals surface area contributed by atoms with Crippen molar-refractivity contribution in [2.45, 2.75) is 56.8 Å². The number of rotatable bonds is 6. The van der Waals surface area contributed by atoms with E-state index >= 15 is 0 Å². The van der Waals surface area contributed by atoms with Gasteiger partial charge in [0.25, 0.3) is 0 Å². The fraction of sp³-hybridized carbons (Fsp3) is 0.600. The lowest BCUT2D eigenvalue weighted by Crippen LogP contribution is -2.58. The third-order valence-corrected chi connectivity index (χ3v) is 6.16. The van der Waals surface area contributed by atoms with Crippen molar-refractivity contribution < 1.29 is 19.4 Å². The Balaban J connectivity index is 1.54. The molecule has 4 rings (SSSR count). The molecule has 0 aliphatic carbocycles. The summed E-state index contributed by atoms with van der Waals surface area (Å²) in [5.41, 5.74) is 0.602. The minimum Gasteiger partial charge on any atom is -0.481 e. The summed E-state index contributed by atoms with van der Waals surface area (Å²) in [6.07, 6.45) is 4.53. The molecule has 31 heavy (non-hydrogen) atoms. The summed E-state index contributed by atoms with van der Waals surface area (Å²) in [5, 5.41) is 19.2. The molecular formula is C20H29N7O4. The molecule has 0 radical (unpaired) electrons. The summed E-state index contributed by atoms with van der Waals surface area (Å²) in [7, 11) is 4.98. The van der Waals surface area contributed by atoms with Crippen LogP contribution in [0.15, 0.2) is 12.1 Å². The number of fused-ring (bicyclic) bond motifs is 2. The molecule has 4 heterocycles. The van der Waals surface area contributed by atoms with Crippen LogP contribution in [0.4, 0.5) is 22.4 Å². The Morgan fingerprint density at radius 2 is 2.00 bits per heavy atom. The Labute approximate surface area is 180 Å². The van der Waals surface area contributed by atoms with Gasteiger partial charge < -0.3 is 29.7 Å². The third-order valence-electron chi connectivity index (χ3n) is 6.16. The predicted octanol–water partition coefficient (Wildman–Crippen LogP) is 2.03. The van der Waals surface area contributed by atoms with E-state index < -0.39 is 0 Å².